The van der Waals surface area contributed by atoms with Crippen molar-refractivity contribution in [2.75, 3.05) is 6.61 Å². The number of aliphatic hydroxyl groups is 5. The summed E-state index contributed by atoms with van der Waals surface area (Å²) in [6.07, 6.45) is -8.71. The number of phosphoric acid groups is 1. The first kappa shape index (κ1) is 32.3. The predicted octanol–water partition coefficient (Wildman–Crippen LogP) is -7.24. The average molecular weight is 348 g/mol. The minimum absolute atomic E-state index is 0. The summed E-state index contributed by atoms with van der Waals surface area (Å²) in [6, 6.07) is 0. The molecule has 0 unspecified atom stereocenters. The van der Waals surface area contributed by atoms with Crippen LogP contribution in [0.15, 0.2) is 0 Å². The van der Waals surface area contributed by atoms with Gasteiger partial charge in [0.2, 0.25) is 0 Å². The first-order chi connectivity index (χ1) is 7.60. The number of carbonyl (C=O) groups excluding carboxylic acids is 1. The maximum absolute atomic E-state index is 10.8. The first-order valence-electron chi connectivity index (χ1n) is 4.22. The van der Waals surface area contributed by atoms with Gasteiger partial charge in [-0.15, -0.1) is 0 Å². The smallest absolute Gasteiger partial charge is 0.412 e. The molecule has 21 heavy (non-hydrogen) atoms. The molecule has 0 saturated carbocycles. The molecule has 0 amide bonds. The van der Waals surface area contributed by atoms with E-state index in [1.54, 1.807) is 0 Å². The molecule has 0 aromatic carbocycles. The molecule has 0 saturated heterocycles. The third kappa shape index (κ3) is 11.6. The average Bonchev–Trinajstić information content (AvgIpc) is 2.22. The molecular formula is C6H21O14P. The molecule has 0 radical (unpaired) electrons. The van der Waals surface area contributed by atoms with Crippen LogP contribution in [0.1, 0.15) is 0 Å². The van der Waals surface area contributed by atoms with Gasteiger partial charge < -0.3 is 52.0 Å². The SMILES string of the molecule is O.O.O.O.O=C(OP(=O)(O)O)[C@H](O)[C@@H](O)[C@H](O)[C@H](O)CO. The number of carbonyl (C=O) groups is 1. The topological polar surface area (TPSA) is 311 Å². The van der Waals surface area contributed by atoms with Crippen LogP contribution < -0.4 is 0 Å². The van der Waals surface area contributed by atoms with Gasteiger partial charge in [-0.05, 0) is 0 Å². The summed E-state index contributed by atoms with van der Waals surface area (Å²) in [7, 11) is -5.19. The molecule has 0 aromatic heterocycles. The quantitative estimate of drug-likeness (QED) is 0.222. The Balaban J connectivity index is -0.000000213. The summed E-state index contributed by atoms with van der Waals surface area (Å²) in [5.74, 6) is -1.88. The molecule has 0 aliphatic carbocycles. The lowest BCUT2D eigenvalue weighted by Crippen LogP contribution is -2.48. The minimum Gasteiger partial charge on any atom is -0.412 e. The summed E-state index contributed by atoms with van der Waals surface area (Å²) >= 11 is 0. The Morgan fingerprint density at radius 3 is 1.62 bits per heavy atom. The number of phosphoric ester groups is 1. The van der Waals surface area contributed by atoms with E-state index in [0.29, 0.717) is 0 Å². The van der Waals surface area contributed by atoms with E-state index in [4.69, 9.17) is 35.3 Å². The van der Waals surface area contributed by atoms with E-state index in [-0.39, 0.29) is 21.9 Å². The summed E-state index contributed by atoms with van der Waals surface area (Å²) in [5, 5.41) is 44.6. The number of aliphatic hydroxyl groups excluding tert-OH is 5. The van der Waals surface area contributed by atoms with Crippen LogP contribution in [0.4, 0.5) is 0 Å². The van der Waals surface area contributed by atoms with E-state index in [1.807, 2.05) is 0 Å². The number of hydrogen-bond donors (Lipinski definition) is 7. The Kier molecular flexibility index (Phi) is 19.9. The van der Waals surface area contributed by atoms with Crippen LogP contribution in [0.25, 0.3) is 0 Å². The second-order valence-electron chi connectivity index (χ2n) is 3.08. The predicted molar refractivity (Wildman–Crippen MR) is 63.7 cm³/mol. The van der Waals surface area contributed by atoms with Crippen molar-refractivity contribution in [3.05, 3.63) is 0 Å². The van der Waals surface area contributed by atoms with Crippen LogP contribution >= 0.6 is 7.82 Å². The van der Waals surface area contributed by atoms with Crippen molar-refractivity contribution in [1.82, 2.24) is 0 Å². The van der Waals surface area contributed by atoms with Crippen molar-refractivity contribution in [2.24, 2.45) is 0 Å². The van der Waals surface area contributed by atoms with Crippen molar-refractivity contribution in [2.45, 2.75) is 24.4 Å². The van der Waals surface area contributed by atoms with Crippen LogP contribution in [-0.2, 0) is 13.9 Å². The van der Waals surface area contributed by atoms with Gasteiger partial charge in [-0.1, -0.05) is 0 Å². The van der Waals surface area contributed by atoms with Gasteiger partial charge in [-0.3, -0.25) is 9.79 Å². The standard InChI is InChI=1S/C6H13O10P.4H2O/c7-1-2(8)3(9)4(10)5(11)6(12)16-17(13,14)15;;;;/h2-5,7-11H,1H2,(H2,13,14,15);4*1H2/t2-,3-,4+,5-;;;;/m1..../s1. The monoisotopic (exact) mass is 348 g/mol. The Hall–Kier alpha value is -0.740. The third-order valence-electron chi connectivity index (χ3n) is 1.71. The first-order valence-corrected chi connectivity index (χ1v) is 5.75. The van der Waals surface area contributed by atoms with Crippen LogP contribution in [0.2, 0.25) is 0 Å². The van der Waals surface area contributed by atoms with Gasteiger partial charge in [-0.25, -0.2) is 9.36 Å². The molecular weight excluding hydrogens is 327 g/mol. The van der Waals surface area contributed by atoms with E-state index in [2.05, 4.69) is 4.52 Å². The van der Waals surface area contributed by atoms with Crippen LogP contribution in [0, 0.1) is 0 Å². The van der Waals surface area contributed by atoms with E-state index in [0.717, 1.165) is 0 Å². The molecule has 14 nitrogen and oxygen atoms in total. The third-order valence-corrected chi connectivity index (χ3v) is 2.12. The van der Waals surface area contributed by atoms with Crippen molar-refractivity contribution in [3.63, 3.8) is 0 Å². The summed E-state index contributed by atoms with van der Waals surface area (Å²) < 4.78 is 13.7. The van der Waals surface area contributed by atoms with Crippen molar-refractivity contribution < 1.29 is 71.1 Å². The van der Waals surface area contributed by atoms with Crippen molar-refractivity contribution >= 4 is 13.8 Å². The molecule has 0 aliphatic rings. The van der Waals surface area contributed by atoms with Gasteiger partial charge in [0.1, 0.15) is 18.3 Å². The second kappa shape index (κ2) is 13.0. The van der Waals surface area contributed by atoms with Crippen molar-refractivity contribution in [3.8, 4) is 0 Å². The summed E-state index contributed by atoms with van der Waals surface area (Å²) in [5.41, 5.74) is 0. The van der Waals surface area contributed by atoms with Gasteiger partial charge in [-0.2, -0.15) is 0 Å². The maximum Gasteiger partial charge on any atom is 0.527 e. The Labute approximate surface area is 117 Å². The summed E-state index contributed by atoms with van der Waals surface area (Å²) in [6.45, 7) is -0.960. The molecule has 15 N–H and O–H groups in total. The van der Waals surface area contributed by atoms with E-state index >= 15 is 0 Å². The highest BCUT2D eigenvalue weighted by Gasteiger charge is 2.37. The Morgan fingerprint density at radius 2 is 1.33 bits per heavy atom. The van der Waals surface area contributed by atoms with Gasteiger partial charge in [0.25, 0.3) is 0 Å². The lowest BCUT2D eigenvalue weighted by molar-refractivity contribution is -0.162. The lowest BCUT2D eigenvalue weighted by Gasteiger charge is -2.24. The normalized spacial score (nSPS) is 15.6. The molecule has 4 atom stereocenters. The molecule has 0 bridgehead atoms. The highest BCUT2D eigenvalue weighted by molar-refractivity contribution is 7.46. The number of hydrogen-bond acceptors (Lipinski definition) is 8. The lowest BCUT2D eigenvalue weighted by atomic mass is 10.0. The highest BCUT2D eigenvalue weighted by Crippen LogP contribution is 2.36. The zero-order valence-electron chi connectivity index (χ0n) is 10.3. The second-order valence-corrected chi connectivity index (χ2v) is 4.24. The molecule has 15 heteroatoms. The highest BCUT2D eigenvalue weighted by atomic mass is 31.2. The molecule has 134 valence electrons. The molecule has 0 fully saturated rings. The van der Waals surface area contributed by atoms with Crippen molar-refractivity contribution in [1.29, 1.82) is 0 Å². The molecule has 0 rings (SSSR count). The van der Waals surface area contributed by atoms with Gasteiger partial charge in [0.15, 0.2) is 6.10 Å². The van der Waals surface area contributed by atoms with Crippen LogP contribution in [0.3, 0.4) is 0 Å². The zero-order valence-corrected chi connectivity index (χ0v) is 11.2. The van der Waals surface area contributed by atoms with Gasteiger partial charge in [0.05, 0.1) is 6.61 Å². The fourth-order valence-electron chi connectivity index (χ4n) is 0.833. The summed E-state index contributed by atoms with van der Waals surface area (Å²) in [4.78, 5) is 27.3. The van der Waals surface area contributed by atoms with Gasteiger partial charge >= 0.3 is 13.8 Å². The maximum atomic E-state index is 10.8. The van der Waals surface area contributed by atoms with Crippen LogP contribution in [0.5, 0.6) is 0 Å². The Bertz CT molecular complexity index is 302. The van der Waals surface area contributed by atoms with Gasteiger partial charge in [0, 0.05) is 0 Å². The fourth-order valence-corrected chi connectivity index (χ4v) is 1.18. The zero-order chi connectivity index (χ0) is 13.8. The number of rotatable bonds is 6. The largest absolute Gasteiger partial charge is 0.527 e. The van der Waals surface area contributed by atoms with E-state index in [9.17, 15) is 9.36 Å². The fraction of sp³-hybridized carbons (Fsp3) is 0.833. The minimum atomic E-state index is -5.19. The van der Waals surface area contributed by atoms with E-state index < -0.39 is 44.8 Å². The molecule has 0 spiro atoms. The van der Waals surface area contributed by atoms with E-state index in [1.165, 1.54) is 0 Å². The molecule has 0 aliphatic heterocycles. The molecule has 0 aromatic rings. The Morgan fingerprint density at radius 1 is 0.952 bits per heavy atom. The van der Waals surface area contributed by atoms with Crippen LogP contribution in [-0.4, -0.2) is 94.2 Å². The molecule has 0 heterocycles.